The zero-order chi connectivity index (χ0) is 19.6. The summed E-state index contributed by atoms with van der Waals surface area (Å²) < 4.78 is 0. The molecule has 0 aliphatic heterocycles. The lowest BCUT2D eigenvalue weighted by molar-refractivity contribution is -0.112. The number of aryl methyl sites for hydroxylation is 1. The average Bonchev–Trinajstić information content (AvgIpc) is 2.98. The Morgan fingerprint density at radius 3 is 2.67 bits per heavy atom. The van der Waals surface area contributed by atoms with Crippen LogP contribution in [0.1, 0.15) is 39.2 Å². The van der Waals surface area contributed by atoms with E-state index in [1.54, 1.807) is 12.1 Å². The zero-order valence-corrected chi connectivity index (χ0v) is 16.5. The molecule has 0 fully saturated rings. The molecule has 1 heterocycles. The van der Waals surface area contributed by atoms with E-state index in [-0.39, 0.29) is 5.57 Å². The fourth-order valence-corrected chi connectivity index (χ4v) is 4.76. The first-order valence-corrected chi connectivity index (χ1v) is 9.80. The van der Waals surface area contributed by atoms with Crippen molar-refractivity contribution in [3.05, 3.63) is 55.4 Å². The van der Waals surface area contributed by atoms with Crippen LogP contribution in [0.15, 0.2) is 23.8 Å². The van der Waals surface area contributed by atoms with Crippen LogP contribution in [0, 0.1) is 11.3 Å². The molecule has 2 aromatic rings. The first-order valence-electron chi connectivity index (χ1n) is 8.23. The van der Waals surface area contributed by atoms with E-state index in [2.05, 4.69) is 5.32 Å². The summed E-state index contributed by atoms with van der Waals surface area (Å²) in [6.45, 7) is 0. The maximum absolute atomic E-state index is 12.6. The Morgan fingerprint density at radius 1 is 1.26 bits per heavy atom. The molecule has 3 rings (SSSR count). The maximum Gasteiger partial charge on any atom is 0.266 e. The van der Waals surface area contributed by atoms with E-state index < -0.39 is 11.8 Å². The molecule has 0 atom stereocenters. The van der Waals surface area contributed by atoms with Gasteiger partial charge in [-0.3, -0.25) is 9.59 Å². The van der Waals surface area contributed by atoms with Crippen LogP contribution in [0.3, 0.4) is 0 Å². The normalized spacial score (nSPS) is 13.6. The van der Waals surface area contributed by atoms with Crippen molar-refractivity contribution in [1.29, 1.82) is 5.26 Å². The van der Waals surface area contributed by atoms with Gasteiger partial charge in [-0.25, -0.2) is 0 Å². The van der Waals surface area contributed by atoms with Crippen LogP contribution in [-0.2, 0) is 17.6 Å². The summed E-state index contributed by atoms with van der Waals surface area (Å²) in [5.41, 5.74) is 7.15. The molecule has 138 valence electrons. The van der Waals surface area contributed by atoms with Crippen LogP contribution in [0.25, 0.3) is 6.08 Å². The molecular weight excluding hydrogens is 405 g/mol. The molecule has 2 amide bonds. The van der Waals surface area contributed by atoms with Crippen molar-refractivity contribution in [2.24, 2.45) is 5.73 Å². The number of rotatable bonds is 4. The van der Waals surface area contributed by atoms with Crippen LogP contribution in [0.2, 0.25) is 10.0 Å². The standard InChI is InChI=1S/C19H15Cl2N3O2S/c20-12-6-5-10(14(21)8-12)7-11(9-22)18(26)24-19-16(17(23)25)13-3-1-2-4-15(13)27-19/h5-8H,1-4H2,(H2,23,25)(H,24,26)/b11-7+. The van der Waals surface area contributed by atoms with Gasteiger partial charge in [-0.05, 0) is 55.0 Å². The van der Waals surface area contributed by atoms with E-state index in [4.69, 9.17) is 28.9 Å². The van der Waals surface area contributed by atoms with Gasteiger partial charge < -0.3 is 11.1 Å². The van der Waals surface area contributed by atoms with E-state index in [1.807, 2.05) is 6.07 Å². The zero-order valence-electron chi connectivity index (χ0n) is 14.1. The number of thiophene rings is 1. The van der Waals surface area contributed by atoms with E-state index >= 15 is 0 Å². The Hall–Kier alpha value is -2.33. The van der Waals surface area contributed by atoms with Crippen molar-refractivity contribution in [2.75, 3.05) is 5.32 Å². The number of primary amides is 1. The number of carbonyl (C=O) groups is 2. The summed E-state index contributed by atoms with van der Waals surface area (Å²) in [4.78, 5) is 25.6. The highest BCUT2D eigenvalue weighted by Crippen LogP contribution is 2.38. The number of benzene rings is 1. The lowest BCUT2D eigenvalue weighted by Gasteiger charge is -2.11. The van der Waals surface area contributed by atoms with Crippen LogP contribution >= 0.6 is 34.5 Å². The van der Waals surface area contributed by atoms with Gasteiger partial charge in [0.25, 0.3) is 11.8 Å². The molecule has 1 aliphatic carbocycles. The number of hydrogen-bond acceptors (Lipinski definition) is 4. The number of carbonyl (C=O) groups excluding carboxylic acids is 2. The van der Waals surface area contributed by atoms with Crippen molar-refractivity contribution in [3.63, 3.8) is 0 Å². The number of hydrogen-bond donors (Lipinski definition) is 2. The fourth-order valence-electron chi connectivity index (χ4n) is 3.01. The molecule has 1 aliphatic rings. The lowest BCUT2D eigenvalue weighted by atomic mass is 9.95. The highest BCUT2D eigenvalue weighted by Gasteiger charge is 2.25. The van der Waals surface area contributed by atoms with Crippen molar-refractivity contribution in [3.8, 4) is 6.07 Å². The SMILES string of the molecule is N#C/C(=C\c1ccc(Cl)cc1Cl)C(=O)Nc1sc2c(c1C(N)=O)CCCC2. The van der Waals surface area contributed by atoms with Crippen molar-refractivity contribution in [2.45, 2.75) is 25.7 Å². The summed E-state index contributed by atoms with van der Waals surface area (Å²) in [5, 5.41) is 13.2. The summed E-state index contributed by atoms with van der Waals surface area (Å²) in [6, 6.07) is 6.63. The second kappa shape index (κ2) is 8.13. The van der Waals surface area contributed by atoms with Gasteiger partial charge >= 0.3 is 0 Å². The van der Waals surface area contributed by atoms with Gasteiger partial charge in [-0.2, -0.15) is 5.26 Å². The van der Waals surface area contributed by atoms with Gasteiger partial charge in [-0.1, -0.05) is 29.3 Å². The summed E-state index contributed by atoms with van der Waals surface area (Å²) in [6.07, 6.45) is 5.03. The van der Waals surface area contributed by atoms with Crippen LogP contribution in [-0.4, -0.2) is 11.8 Å². The largest absolute Gasteiger partial charge is 0.365 e. The van der Waals surface area contributed by atoms with Gasteiger partial charge in [0.2, 0.25) is 0 Å². The molecule has 1 aromatic carbocycles. The molecule has 27 heavy (non-hydrogen) atoms. The molecule has 0 radical (unpaired) electrons. The quantitative estimate of drug-likeness (QED) is 0.560. The van der Waals surface area contributed by atoms with E-state index in [1.165, 1.54) is 23.5 Å². The number of halogens is 2. The Labute approximate surface area is 170 Å². The first-order chi connectivity index (χ1) is 12.9. The van der Waals surface area contributed by atoms with E-state index in [0.29, 0.717) is 26.2 Å². The Kier molecular flexibility index (Phi) is 5.85. The molecule has 0 saturated carbocycles. The Bertz CT molecular complexity index is 1010. The molecule has 0 bridgehead atoms. The fraction of sp³-hybridized carbons (Fsp3) is 0.211. The molecule has 1 aromatic heterocycles. The van der Waals surface area contributed by atoms with E-state index in [0.717, 1.165) is 36.1 Å². The Morgan fingerprint density at radius 2 is 2.00 bits per heavy atom. The minimum absolute atomic E-state index is 0.138. The first kappa shape index (κ1) is 19.4. The molecule has 5 nitrogen and oxygen atoms in total. The highest BCUT2D eigenvalue weighted by atomic mass is 35.5. The number of anilines is 1. The van der Waals surface area contributed by atoms with Gasteiger partial charge in [0.05, 0.1) is 5.56 Å². The number of nitriles is 1. The van der Waals surface area contributed by atoms with Crippen molar-refractivity contribution < 1.29 is 9.59 Å². The minimum atomic E-state index is -0.621. The van der Waals surface area contributed by atoms with Crippen molar-refractivity contribution in [1.82, 2.24) is 0 Å². The molecular formula is C19H15Cl2N3O2S. The lowest BCUT2D eigenvalue weighted by Crippen LogP contribution is -2.19. The van der Waals surface area contributed by atoms with E-state index in [9.17, 15) is 14.9 Å². The third kappa shape index (κ3) is 4.16. The van der Waals surface area contributed by atoms with Crippen LogP contribution in [0.5, 0.6) is 0 Å². The number of nitrogens with two attached hydrogens (primary N) is 1. The third-order valence-electron chi connectivity index (χ3n) is 4.27. The molecule has 0 unspecified atom stereocenters. The molecule has 8 heteroatoms. The predicted molar refractivity (Wildman–Crippen MR) is 108 cm³/mol. The molecule has 3 N–H and O–H groups in total. The smallest absolute Gasteiger partial charge is 0.266 e. The number of nitrogens with one attached hydrogen (secondary N) is 1. The molecule has 0 spiro atoms. The second-order valence-corrected chi connectivity index (χ2v) is 8.02. The maximum atomic E-state index is 12.6. The Balaban J connectivity index is 1.92. The minimum Gasteiger partial charge on any atom is -0.365 e. The number of nitrogens with zero attached hydrogens (tertiary/aromatic N) is 1. The highest BCUT2D eigenvalue weighted by molar-refractivity contribution is 7.17. The summed E-state index contributed by atoms with van der Waals surface area (Å²) >= 11 is 13.3. The third-order valence-corrected chi connectivity index (χ3v) is 6.04. The monoisotopic (exact) mass is 419 g/mol. The van der Waals surface area contributed by atoms with Crippen LogP contribution in [0.4, 0.5) is 5.00 Å². The second-order valence-electron chi connectivity index (χ2n) is 6.07. The summed E-state index contributed by atoms with van der Waals surface area (Å²) in [5.74, 6) is -1.20. The van der Waals surface area contributed by atoms with Gasteiger partial charge in [-0.15, -0.1) is 11.3 Å². The average molecular weight is 420 g/mol. The topological polar surface area (TPSA) is 96.0 Å². The van der Waals surface area contributed by atoms with Crippen molar-refractivity contribution >= 4 is 57.4 Å². The molecule has 0 saturated heterocycles. The van der Waals surface area contributed by atoms with Gasteiger partial charge in [0, 0.05) is 14.9 Å². The number of fused-ring (bicyclic) bond motifs is 1. The van der Waals surface area contributed by atoms with Gasteiger partial charge in [0.15, 0.2) is 0 Å². The van der Waals surface area contributed by atoms with Gasteiger partial charge in [0.1, 0.15) is 16.6 Å². The predicted octanol–water partition coefficient (Wildman–Crippen LogP) is 4.58. The van der Waals surface area contributed by atoms with Crippen LogP contribution < -0.4 is 11.1 Å². The summed E-state index contributed by atoms with van der Waals surface area (Å²) in [7, 11) is 0. The number of amides is 2.